The molecule has 3 N–H and O–H groups in total. The molecule has 0 radical (unpaired) electrons. The SMILES string of the molecule is CC(=N)Cn1c(-c2cnn(C)c2)cc2cnc(N)cc21. The van der Waals surface area contributed by atoms with E-state index >= 15 is 0 Å². The van der Waals surface area contributed by atoms with Gasteiger partial charge in [0.15, 0.2) is 0 Å². The highest BCUT2D eigenvalue weighted by atomic mass is 15.2. The van der Waals surface area contributed by atoms with Crippen LogP contribution in [0.5, 0.6) is 0 Å². The summed E-state index contributed by atoms with van der Waals surface area (Å²) < 4.78 is 3.84. The van der Waals surface area contributed by atoms with E-state index in [-0.39, 0.29) is 0 Å². The van der Waals surface area contributed by atoms with Gasteiger partial charge in [-0.2, -0.15) is 5.10 Å². The van der Waals surface area contributed by atoms with Crippen molar-refractivity contribution in [3.05, 3.63) is 30.7 Å². The number of nitrogens with two attached hydrogens (primary N) is 1. The molecule has 3 aromatic rings. The lowest BCUT2D eigenvalue weighted by Crippen LogP contribution is -2.07. The Bertz CT molecular complexity index is 795. The Kier molecular flexibility index (Phi) is 2.78. The lowest BCUT2D eigenvalue weighted by atomic mass is 10.2. The quantitative estimate of drug-likeness (QED) is 0.713. The third-order valence-corrected chi connectivity index (χ3v) is 3.20. The number of pyridine rings is 1. The fourth-order valence-corrected chi connectivity index (χ4v) is 2.37. The highest BCUT2D eigenvalue weighted by Gasteiger charge is 2.13. The molecule has 6 nitrogen and oxygen atoms in total. The van der Waals surface area contributed by atoms with Gasteiger partial charge in [0.1, 0.15) is 5.82 Å². The minimum atomic E-state index is 0.484. The first-order valence-corrected chi connectivity index (χ1v) is 6.32. The molecule has 102 valence electrons. The molecule has 6 heteroatoms. The van der Waals surface area contributed by atoms with Gasteiger partial charge in [0, 0.05) is 42.2 Å². The first-order valence-electron chi connectivity index (χ1n) is 6.32. The molecule has 0 amide bonds. The molecule has 0 saturated heterocycles. The molecule has 0 bridgehead atoms. The maximum absolute atomic E-state index is 7.78. The van der Waals surface area contributed by atoms with Gasteiger partial charge in [0.2, 0.25) is 0 Å². The topological polar surface area (TPSA) is 85.5 Å². The highest BCUT2D eigenvalue weighted by molar-refractivity contribution is 5.90. The predicted octanol–water partition coefficient (Wildman–Crippen LogP) is 2.06. The van der Waals surface area contributed by atoms with Crippen LogP contribution in [0.15, 0.2) is 30.7 Å². The zero-order chi connectivity index (χ0) is 14.3. The number of rotatable bonds is 3. The van der Waals surface area contributed by atoms with Crippen LogP contribution in [0.4, 0.5) is 5.82 Å². The summed E-state index contributed by atoms with van der Waals surface area (Å²) in [7, 11) is 1.89. The van der Waals surface area contributed by atoms with Crippen molar-refractivity contribution in [3.8, 4) is 11.3 Å². The molecular formula is C14H16N6. The van der Waals surface area contributed by atoms with Crippen LogP contribution in [0, 0.1) is 5.41 Å². The number of anilines is 1. The standard InChI is InChI=1S/C14H16N6/c1-9(15)7-20-12(11-6-18-19(2)8-11)3-10-5-17-14(16)4-13(10)20/h3-6,8,15H,7H2,1-2H3,(H2,16,17). The monoisotopic (exact) mass is 268 g/mol. The molecule has 3 heterocycles. The molecule has 20 heavy (non-hydrogen) atoms. The first-order chi connectivity index (χ1) is 9.54. The number of aromatic nitrogens is 4. The lowest BCUT2D eigenvalue weighted by Gasteiger charge is -2.08. The van der Waals surface area contributed by atoms with Gasteiger partial charge in [0.05, 0.1) is 24.0 Å². The Hall–Kier alpha value is -2.63. The van der Waals surface area contributed by atoms with Crippen molar-refractivity contribution in [1.29, 1.82) is 5.41 Å². The van der Waals surface area contributed by atoms with Crippen LogP contribution in [-0.4, -0.2) is 25.0 Å². The highest BCUT2D eigenvalue weighted by Crippen LogP contribution is 2.28. The summed E-state index contributed by atoms with van der Waals surface area (Å²) in [6.45, 7) is 2.32. The fourth-order valence-electron chi connectivity index (χ4n) is 2.37. The minimum Gasteiger partial charge on any atom is -0.384 e. The number of hydrogen-bond acceptors (Lipinski definition) is 4. The summed E-state index contributed by atoms with van der Waals surface area (Å²) >= 11 is 0. The van der Waals surface area contributed by atoms with E-state index in [1.165, 1.54) is 0 Å². The maximum atomic E-state index is 7.78. The Morgan fingerprint density at radius 2 is 2.15 bits per heavy atom. The third-order valence-electron chi connectivity index (χ3n) is 3.20. The van der Waals surface area contributed by atoms with Gasteiger partial charge < -0.3 is 15.7 Å². The second-order valence-corrected chi connectivity index (χ2v) is 4.97. The van der Waals surface area contributed by atoms with E-state index in [1.54, 1.807) is 17.8 Å². The van der Waals surface area contributed by atoms with Crippen molar-refractivity contribution in [2.45, 2.75) is 13.5 Å². The smallest absolute Gasteiger partial charge is 0.125 e. The van der Waals surface area contributed by atoms with Gasteiger partial charge in [-0.3, -0.25) is 4.68 Å². The Morgan fingerprint density at radius 1 is 1.35 bits per heavy atom. The van der Waals surface area contributed by atoms with Crippen LogP contribution < -0.4 is 5.73 Å². The zero-order valence-corrected chi connectivity index (χ0v) is 11.5. The van der Waals surface area contributed by atoms with Crippen molar-refractivity contribution in [3.63, 3.8) is 0 Å². The number of nitrogens with one attached hydrogen (secondary N) is 1. The van der Waals surface area contributed by atoms with E-state index in [0.717, 1.165) is 22.2 Å². The molecule has 0 aliphatic rings. The van der Waals surface area contributed by atoms with Crippen molar-refractivity contribution in [2.24, 2.45) is 7.05 Å². The van der Waals surface area contributed by atoms with E-state index in [0.29, 0.717) is 18.1 Å². The summed E-state index contributed by atoms with van der Waals surface area (Å²) in [5.41, 5.74) is 9.39. The van der Waals surface area contributed by atoms with Crippen molar-refractivity contribution < 1.29 is 0 Å². The van der Waals surface area contributed by atoms with Gasteiger partial charge in [0.25, 0.3) is 0 Å². The molecular weight excluding hydrogens is 252 g/mol. The second kappa shape index (κ2) is 4.48. The van der Waals surface area contributed by atoms with Crippen LogP contribution in [0.2, 0.25) is 0 Å². The summed E-state index contributed by atoms with van der Waals surface area (Å²) in [6, 6.07) is 3.90. The van der Waals surface area contributed by atoms with Gasteiger partial charge in [-0.1, -0.05) is 0 Å². The number of hydrogen-bond donors (Lipinski definition) is 2. The number of nitrogen functional groups attached to an aromatic ring is 1. The number of aryl methyl sites for hydroxylation is 1. The molecule has 0 aliphatic heterocycles. The van der Waals surface area contributed by atoms with Gasteiger partial charge in [-0.15, -0.1) is 0 Å². The fraction of sp³-hybridized carbons (Fsp3) is 0.214. The normalized spacial score (nSPS) is 11.1. The average Bonchev–Trinajstić information content (AvgIpc) is 2.94. The average molecular weight is 268 g/mol. The predicted molar refractivity (Wildman–Crippen MR) is 79.7 cm³/mol. The van der Waals surface area contributed by atoms with Crippen molar-refractivity contribution in [2.75, 3.05) is 5.73 Å². The molecule has 0 atom stereocenters. The summed E-state index contributed by atoms with van der Waals surface area (Å²) in [4.78, 5) is 4.13. The Balaban J connectivity index is 2.27. The molecule has 3 rings (SSSR count). The van der Waals surface area contributed by atoms with Crippen molar-refractivity contribution in [1.82, 2.24) is 19.3 Å². The summed E-state index contributed by atoms with van der Waals surface area (Å²) in [5.74, 6) is 0.484. The van der Waals surface area contributed by atoms with Crippen LogP contribution in [0.1, 0.15) is 6.92 Å². The number of nitrogens with zero attached hydrogens (tertiary/aromatic N) is 4. The second-order valence-electron chi connectivity index (χ2n) is 4.97. The van der Waals surface area contributed by atoms with E-state index in [2.05, 4.69) is 20.7 Å². The van der Waals surface area contributed by atoms with E-state index in [9.17, 15) is 0 Å². The summed E-state index contributed by atoms with van der Waals surface area (Å²) in [6.07, 6.45) is 5.54. The molecule has 0 spiro atoms. The Labute approximate surface area is 116 Å². The third kappa shape index (κ3) is 2.05. The van der Waals surface area contributed by atoms with Crippen LogP contribution in [-0.2, 0) is 13.6 Å². The molecule has 0 aromatic carbocycles. The van der Waals surface area contributed by atoms with Crippen molar-refractivity contribution >= 4 is 22.4 Å². The maximum Gasteiger partial charge on any atom is 0.125 e. The first kappa shape index (κ1) is 12.4. The lowest BCUT2D eigenvalue weighted by molar-refractivity contribution is 0.768. The molecule has 0 fully saturated rings. The largest absolute Gasteiger partial charge is 0.384 e. The zero-order valence-electron chi connectivity index (χ0n) is 11.5. The number of fused-ring (bicyclic) bond motifs is 1. The van der Waals surface area contributed by atoms with Crippen LogP contribution >= 0.6 is 0 Å². The van der Waals surface area contributed by atoms with Crippen LogP contribution in [0.25, 0.3) is 22.2 Å². The van der Waals surface area contributed by atoms with Gasteiger partial charge in [-0.25, -0.2) is 4.98 Å². The van der Waals surface area contributed by atoms with E-state index in [4.69, 9.17) is 11.1 Å². The minimum absolute atomic E-state index is 0.484. The van der Waals surface area contributed by atoms with Crippen LogP contribution in [0.3, 0.4) is 0 Å². The Morgan fingerprint density at radius 3 is 2.80 bits per heavy atom. The van der Waals surface area contributed by atoms with E-state index in [1.807, 2.05) is 25.5 Å². The molecule has 0 aliphatic carbocycles. The molecule has 0 unspecified atom stereocenters. The van der Waals surface area contributed by atoms with E-state index < -0.39 is 0 Å². The molecule has 3 aromatic heterocycles. The summed E-state index contributed by atoms with van der Waals surface area (Å²) in [5, 5.41) is 13.0. The van der Waals surface area contributed by atoms with Gasteiger partial charge >= 0.3 is 0 Å². The van der Waals surface area contributed by atoms with Gasteiger partial charge in [-0.05, 0) is 13.0 Å². The molecule has 0 saturated carbocycles.